The molecule has 0 saturated carbocycles. The summed E-state index contributed by atoms with van der Waals surface area (Å²) < 4.78 is 16.8. The highest BCUT2D eigenvalue weighted by Crippen LogP contribution is 2.42. The number of ketones is 2. The maximum Gasteiger partial charge on any atom is 0.411 e. The molecule has 1 aliphatic carbocycles. The molecule has 210 valence electrons. The second-order valence-electron chi connectivity index (χ2n) is 11.6. The molecule has 2 aromatic carbocycles. The second-order valence-corrected chi connectivity index (χ2v) is 12.7. The maximum absolute atomic E-state index is 13.0. The predicted molar refractivity (Wildman–Crippen MR) is 152 cm³/mol. The minimum Gasteiger partial charge on any atom is -0.488 e. The molecule has 0 bridgehead atoms. The minimum absolute atomic E-state index is 0.0683. The van der Waals surface area contributed by atoms with Crippen molar-refractivity contribution in [2.24, 2.45) is 0 Å². The van der Waals surface area contributed by atoms with E-state index in [9.17, 15) is 19.2 Å². The largest absolute Gasteiger partial charge is 0.488 e. The molecule has 8 nitrogen and oxygen atoms in total. The van der Waals surface area contributed by atoms with Crippen LogP contribution in [-0.4, -0.2) is 57.6 Å². The van der Waals surface area contributed by atoms with Gasteiger partial charge in [0.05, 0.1) is 4.83 Å². The first kappa shape index (κ1) is 28.1. The van der Waals surface area contributed by atoms with Crippen LogP contribution < -0.4 is 4.74 Å². The first-order valence-corrected chi connectivity index (χ1v) is 14.3. The Morgan fingerprint density at radius 1 is 1.10 bits per heavy atom. The number of esters is 1. The van der Waals surface area contributed by atoms with Crippen LogP contribution in [0.25, 0.3) is 11.1 Å². The van der Waals surface area contributed by atoms with Crippen molar-refractivity contribution in [3.8, 4) is 16.9 Å². The smallest absolute Gasteiger partial charge is 0.411 e. The molecule has 9 heteroatoms. The van der Waals surface area contributed by atoms with Gasteiger partial charge in [0.25, 0.3) is 0 Å². The molecule has 0 N–H and O–H groups in total. The number of ether oxygens (including phenoxy) is 3. The topological polar surface area (TPSA) is 99.2 Å². The normalized spacial score (nSPS) is 21.6. The summed E-state index contributed by atoms with van der Waals surface area (Å²) in [6.45, 7) is 10.8. The number of likely N-dealkylation sites (tertiary alicyclic amines) is 1. The van der Waals surface area contributed by atoms with Gasteiger partial charge in [-0.2, -0.15) is 0 Å². The van der Waals surface area contributed by atoms with E-state index in [2.05, 4.69) is 22.5 Å². The van der Waals surface area contributed by atoms with Crippen molar-refractivity contribution in [1.29, 1.82) is 0 Å². The number of benzene rings is 2. The van der Waals surface area contributed by atoms with Crippen LogP contribution in [0.15, 0.2) is 42.5 Å². The zero-order valence-electron chi connectivity index (χ0n) is 23.0. The summed E-state index contributed by atoms with van der Waals surface area (Å²) in [6.07, 6.45) is 1.35. The van der Waals surface area contributed by atoms with E-state index in [1.54, 1.807) is 32.9 Å². The van der Waals surface area contributed by atoms with Gasteiger partial charge in [0.15, 0.2) is 24.2 Å². The molecule has 0 spiro atoms. The number of fused-ring (bicyclic) bond motifs is 4. The monoisotopic (exact) mass is 609 g/mol. The fraction of sp³-hybridized carbons (Fsp3) is 0.419. The van der Waals surface area contributed by atoms with E-state index in [-0.39, 0.29) is 29.0 Å². The Morgan fingerprint density at radius 3 is 2.58 bits per heavy atom. The Balaban J connectivity index is 1.29. The molecule has 5 rings (SSSR count). The van der Waals surface area contributed by atoms with Gasteiger partial charge in [-0.3, -0.25) is 14.5 Å². The van der Waals surface area contributed by atoms with Gasteiger partial charge in [0, 0.05) is 22.7 Å². The lowest BCUT2D eigenvalue weighted by molar-refractivity contribution is -0.146. The molecule has 0 aromatic heterocycles. The van der Waals surface area contributed by atoms with Crippen LogP contribution in [0, 0.1) is 0 Å². The number of aryl methyl sites for hydroxylation is 1. The summed E-state index contributed by atoms with van der Waals surface area (Å²) in [4.78, 5) is 52.6. The molecule has 2 aromatic rings. The molecule has 1 fully saturated rings. The van der Waals surface area contributed by atoms with Gasteiger partial charge < -0.3 is 14.2 Å². The van der Waals surface area contributed by atoms with Gasteiger partial charge in [0.1, 0.15) is 18.0 Å². The number of rotatable bonds is 4. The van der Waals surface area contributed by atoms with Gasteiger partial charge in [0.2, 0.25) is 0 Å². The van der Waals surface area contributed by atoms with Crippen molar-refractivity contribution in [1.82, 2.24) is 4.90 Å². The molecule has 1 amide bonds. The van der Waals surface area contributed by atoms with Crippen molar-refractivity contribution in [2.75, 3.05) is 6.61 Å². The summed E-state index contributed by atoms with van der Waals surface area (Å²) in [5, 5.41) is 0. The van der Waals surface area contributed by atoms with Gasteiger partial charge >= 0.3 is 12.1 Å². The summed E-state index contributed by atoms with van der Waals surface area (Å²) >= 11 is 3.45. The van der Waals surface area contributed by atoms with E-state index in [1.165, 1.54) is 4.90 Å². The molecule has 2 heterocycles. The zero-order chi connectivity index (χ0) is 28.9. The lowest BCUT2D eigenvalue weighted by atomic mass is 9.85. The predicted octanol–water partition coefficient (Wildman–Crippen LogP) is 5.82. The van der Waals surface area contributed by atoms with Gasteiger partial charge in [-0.05, 0) is 87.4 Å². The number of carbonyl (C=O) groups excluding carboxylic acids is 4. The fourth-order valence-electron chi connectivity index (χ4n) is 5.50. The van der Waals surface area contributed by atoms with Crippen molar-refractivity contribution in [3.63, 3.8) is 0 Å². The highest BCUT2D eigenvalue weighted by molar-refractivity contribution is 9.10. The minimum atomic E-state index is -1.01. The highest BCUT2D eigenvalue weighted by atomic mass is 79.9. The Kier molecular flexibility index (Phi) is 7.37. The average molecular weight is 611 g/mol. The van der Waals surface area contributed by atoms with Crippen LogP contribution in [0.3, 0.4) is 0 Å². The first-order chi connectivity index (χ1) is 18.8. The lowest BCUT2D eigenvalue weighted by Crippen LogP contribution is -2.47. The van der Waals surface area contributed by atoms with E-state index in [0.29, 0.717) is 28.9 Å². The molecule has 40 heavy (non-hydrogen) atoms. The SMILES string of the molecule is C=C1C[C@H](C)N(C(=O)OC(C)(C)C)[C@@H]1C(=O)OCC(=O)c1ccc2c(c1)COc1cc3c(cc1-2)CCC(Br)C3=O. The molecule has 2 aliphatic heterocycles. The van der Waals surface area contributed by atoms with Gasteiger partial charge in [-0.25, -0.2) is 9.59 Å². The summed E-state index contributed by atoms with van der Waals surface area (Å²) in [6, 6.07) is 7.84. The number of alkyl halides is 1. The third-order valence-electron chi connectivity index (χ3n) is 7.39. The molecule has 3 aliphatic rings. The molecule has 1 unspecified atom stereocenters. The lowest BCUT2D eigenvalue weighted by Gasteiger charge is -2.30. The summed E-state index contributed by atoms with van der Waals surface area (Å²) in [5.74, 6) is -0.371. The van der Waals surface area contributed by atoms with Crippen LogP contribution in [-0.2, 0) is 27.3 Å². The Labute approximate surface area is 241 Å². The summed E-state index contributed by atoms with van der Waals surface area (Å²) in [5.41, 5.74) is 4.54. The second kappa shape index (κ2) is 10.5. The van der Waals surface area contributed by atoms with E-state index < -0.39 is 30.3 Å². The Morgan fingerprint density at radius 2 is 1.85 bits per heavy atom. The Hall–Kier alpha value is -3.46. The summed E-state index contributed by atoms with van der Waals surface area (Å²) in [7, 11) is 0. The third-order valence-corrected chi connectivity index (χ3v) is 8.27. The average Bonchev–Trinajstić information content (AvgIpc) is 3.20. The van der Waals surface area contributed by atoms with Gasteiger partial charge in [-0.1, -0.05) is 34.6 Å². The van der Waals surface area contributed by atoms with Crippen molar-refractivity contribution < 1.29 is 33.4 Å². The highest BCUT2D eigenvalue weighted by Gasteiger charge is 2.44. The Bertz CT molecular complexity index is 1440. The van der Waals surface area contributed by atoms with Gasteiger partial charge in [-0.15, -0.1) is 0 Å². The van der Waals surface area contributed by atoms with Crippen molar-refractivity contribution in [2.45, 2.75) is 76.1 Å². The third kappa shape index (κ3) is 5.31. The van der Waals surface area contributed by atoms with Crippen LogP contribution in [0.1, 0.15) is 72.4 Å². The number of hydrogen-bond donors (Lipinski definition) is 0. The van der Waals surface area contributed by atoms with Crippen LogP contribution in [0.4, 0.5) is 4.79 Å². The van der Waals surface area contributed by atoms with E-state index >= 15 is 0 Å². The van der Waals surface area contributed by atoms with E-state index in [1.807, 2.05) is 25.1 Å². The maximum atomic E-state index is 13.0. The molecular weight excluding hydrogens is 578 g/mol. The van der Waals surface area contributed by atoms with Crippen molar-refractivity contribution in [3.05, 3.63) is 64.7 Å². The number of amides is 1. The zero-order valence-corrected chi connectivity index (χ0v) is 24.6. The standard InChI is InChI=1S/C31H32BrNO7/c1-16-10-17(2)33(30(37)40-31(3,4)5)27(16)29(36)39-15-25(34)19-6-8-21-20(11-19)14-38-26-13-22-18(12-23(21)26)7-9-24(32)28(22)35/h6,8,11-13,17,24,27H,1,7,9-10,14-15H2,2-5H3/t17-,24?,27-/m0/s1. The quantitative estimate of drug-likeness (QED) is 0.186. The number of Topliss-reactive ketones (excluding diaryl/α,β-unsaturated/α-hetero) is 2. The fourth-order valence-corrected chi connectivity index (χ4v) is 5.97. The van der Waals surface area contributed by atoms with Crippen LogP contribution in [0.5, 0.6) is 5.75 Å². The molecule has 1 saturated heterocycles. The van der Waals surface area contributed by atoms with E-state index in [4.69, 9.17) is 14.2 Å². The first-order valence-electron chi connectivity index (χ1n) is 13.3. The number of nitrogens with zero attached hydrogens (tertiary/aromatic N) is 1. The number of hydrogen-bond acceptors (Lipinski definition) is 7. The van der Waals surface area contributed by atoms with Crippen molar-refractivity contribution >= 4 is 39.6 Å². The van der Waals surface area contributed by atoms with E-state index in [0.717, 1.165) is 35.1 Å². The molecular formula is C31H32BrNO7. The van der Waals surface area contributed by atoms with Crippen LogP contribution >= 0.6 is 15.9 Å². The number of carbonyl (C=O) groups is 4. The molecule has 3 atom stereocenters. The van der Waals surface area contributed by atoms with Crippen LogP contribution in [0.2, 0.25) is 0 Å². The molecule has 0 radical (unpaired) electrons. The number of halogens is 1.